The molecule has 2 N–H and O–H groups in total. The lowest BCUT2D eigenvalue weighted by Gasteiger charge is -2.38. The van der Waals surface area contributed by atoms with Crippen molar-refractivity contribution in [3.05, 3.63) is 27.8 Å². The Balaban J connectivity index is 2.05. The van der Waals surface area contributed by atoms with Crippen LogP contribution in [0.2, 0.25) is 0 Å². The summed E-state index contributed by atoms with van der Waals surface area (Å²) in [6.45, 7) is 5.23. The van der Waals surface area contributed by atoms with Gasteiger partial charge >= 0.3 is 0 Å². The van der Waals surface area contributed by atoms with Gasteiger partial charge < -0.3 is 10.6 Å². The fourth-order valence-electron chi connectivity index (χ4n) is 2.41. The molecule has 1 aromatic rings. The number of carbonyl (C=O) groups excluding carboxylic acids is 1. The Bertz CT molecular complexity index is 428. The van der Waals surface area contributed by atoms with E-state index in [-0.39, 0.29) is 17.4 Å². The first-order chi connectivity index (χ1) is 8.49. The van der Waals surface area contributed by atoms with Gasteiger partial charge in [-0.1, -0.05) is 13.8 Å². The second-order valence-corrected chi connectivity index (χ2v) is 6.72. The second-order valence-electron chi connectivity index (χ2n) is 5.48. The zero-order valence-electron chi connectivity index (χ0n) is 10.8. The first kappa shape index (κ1) is 13.8. The number of benzene rings is 1. The van der Waals surface area contributed by atoms with E-state index >= 15 is 0 Å². The quantitative estimate of drug-likeness (QED) is 0.798. The van der Waals surface area contributed by atoms with Gasteiger partial charge in [0.1, 0.15) is 0 Å². The summed E-state index contributed by atoms with van der Waals surface area (Å²) in [5.74, 6) is 0.0703. The Labute approximate surface area is 122 Å². The van der Waals surface area contributed by atoms with Crippen LogP contribution in [-0.4, -0.2) is 18.5 Å². The minimum Gasteiger partial charge on any atom is -0.325 e. The number of carbonyl (C=O) groups is 1. The number of anilines is 1. The second kappa shape index (κ2) is 5.57. The van der Waals surface area contributed by atoms with Gasteiger partial charge in [-0.15, -0.1) is 0 Å². The highest BCUT2D eigenvalue weighted by Crippen LogP contribution is 2.30. The standard InChI is InChI=1S/C14H19IN2O/c1-14(2)8-3-9-16-12(14)13(18)17-11-6-4-10(15)5-7-11/h4-7,12,16H,3,8-9H2,1-2H3,(H,17,18). The molecule has 1 fully saturated rings. The zero-order chi connectivity index (χ0) is 13.2. The first-order valence-corrected chi connectivity index (χ1v) is 7.37. The highest BCUT2D eigenvalue weighted by Gasteiger charge is 2.36. The summed E-state index contributed by atoms with van der Waals surface area (Å²) < 4.78 is 1.17. The predicted molar refractivity (Wildman–Crippen MR) is 82.6 cm³/mol. The van der Waals surface area contributed by atoms with Crippen molar-refractivity contribution in [2.24, 2.45) is 5.41 Å². The fourth-order valence-corrected chi connectivity index (χ4v) is 2.77. The van der Waals surface area contributed by atoms with Gasteiger partial charge in [0.05, 0.1) is 6.04 Å². The lowest BCUT2D eigenvalue weighted by Crippen LogP contribution is -2.53. The van der Waals surface area contributed by atoms with Crippen molar-refractivity contribution in [3.63, 3.8) is 0 Å². The van der Waals surface area contributed by atoms with Gasteiger partial charge in [0.15, 0.2) is 0 Å². The van der Waals surface area contributed by atoms with E-state index in [0.29, 0.717) is 0 Å². The van der Waals surface area contributed by atoms with Crippen LogP contribution in [0, 0.1) is 8.99 Å². The Morgan fingerprint density at radius 2 is 2.06 bits per heavy atom. The number of piperidine rings is 1. The van der Waals surface area contributed by atoms with E-state index < -0.39 is 0 Å². The van der Waals surface area contributed by atoms with Crippen molar-refractivity contribution >= 4 is 34.2 Å². The Hall–Kier alpha value is -0.620. The summed E-state index contributed by atoms with van der Waals surface area (Å²) in [5, 5.41) is 6.32. The maximum absolute atomic E-state index is 12.3. The number of hydrogen-bond acceptors (Lipinski definition) is 2. The molecule has 1 saturated heterocycles. The Kier molecular flexibility index (Phi) is 4.27. The van der Waals surface area contributed by atoms with Crippen LogP contribution in [0.4, 0.5) is 5.69 Å². The molecule has 4 heteroatoms. The highest BCUT2D eigenvalue weighted by atomic mass is 127. The molecule has 0 spiro atoms. The van der Waals surface area contributed by atoms with Crippen molar-refractivity contribution in [2.45, 2.75) is 32.7 Å². The van der Waals surface area contributed by atoms with Gasteiger partial charge in [0, 0.05) is 9.26 Å². The molecule has 0 aromatic heterocycles. The fraction of sp³-hybridized carbons (Fsp3) is 0.500. The number of rotatable bonds is 2. The van der Waals surface area contributed by atoms with E-state index in [1.54, 1.807) is 0 Å². The van der Waals surface area contributed by atoms with Gasteiger partial charge in [-0.3, -0.25) is 4.79 Å². The van der Waals surface area contributed by atoms with Gasteiger partial charge in [-0.05, 0) is 71.7 Å². The van der Waals surface area contributed by atoms with Crippen molar-refractivity contribution in [3.8, 4) is 0 Å². The molecule has 18 heavy (non-hydrogen) atoms. The van der Waals surface area contributed by atoms with E-state index in [0.717, 1.165) is 25.1 Å². The summed E-state index contributed by atoms with van der Waals surface area (Å²) in [4.78, 5) is 12.3. The number of amides is 1. The molecule has 1 heterocycles. The minimum absolute atomic E-state index is 0.0194. The van der Waals surface area contributed by atoms with Gasteiger partial charge in [-0.2, -0.15) is 0 Å². The highest BCUT2D eigenvalue weighted by molar-refractivity contribution is 14.1. The summed E-state index contributed by atoms with van der Waals surface area (Å²) in [7, 11) is 0. The minimum atomic E-state index is -0.106. The Morgan fingerprint density at radius 3 is 2.67 bits per heavy atom. The molecule has 1 aromatic carbocycles. The van der Waals surface area contributed by atoms with Crippen LogP contribution in [-0.2, 0) is 4.79 Å². The average molecular weight is 358 g/mol. The SMILES string of the molecule is CC1(C)CCCNC1C(=O)Nc1ccc(I)cc1. The monoisotopic (exact) mass is 358 g/mol. The van der Waals surface area contributed by atoms with Crippen LogP contribution in [0.1, 0.15) is 26.7 Å². The predicted octanol–water partition coefficient (Wildman–Crippen LogP) is 3.01. The maximum Gasteiger partial charge on any atom is 0.242 e. The van der Waals surface area contributed by atoms with Crippen molar-refractivity contribution in [2.75, 3.05) is 11.9 Å². The molecule has 0 saturated carbocycles. The van der Waals surface area contributed by atoms with Crippen LogP contribution in [0.15, 0.2) is 24.3 Å². The lowest BCUT2D eigenvalue weighted by atomic mass is 9.77. The van der Waals surface area contributed by atoms with Crippen LogP contribution >= 0.6 is 22.6 Å². The average Bonchev–Trinajstić information content (AvgIpc) is 2.31. The first-order valence-electron chi connectivity index (χ1n) is 6.29. The number of halogens is 1. The van der Waals surface area contributed by atoms with E-state index in [1.165, 1.54) is 3.57 Å². The smallest absolute Gasteiger partial charge is 0.242 e. The van der Waals surface area contributed by atoms with Crippen molar-refractivity contribution < 1.29 is 4.79 Å². The molecule has 0 bridgehead atoms. The molecule has 1 aliphatic heterocycles. The molecular formula is C14H19IN2O. The van der Waals surface area contributed by atoms with Crippen LogP contribution < -0.4 is 10.6 Å². The summed E-state index contributed by atoms with van der Waals surface area (Å²) in [5.41, 5.74) is 0.884. The summed E-state index contributed by atoms with van der Waals surface area (Å²) in [6, 6.07) is 7.77. The van der Waals surface area contributed by atoms with Crippen LogP contribution in [0.25, 0.3) is 0 Å². The lowest BCUT2D eigenvalue weighted by molar-refractivity contribution is -0.121. The summed E-state index contributed by atoms with van der Waals surface area (Å²) >= 11 is 2.25. The third kappa shape index (κ3) is 3.23. The van der Waals surface area contributed by atoms with E-state index in [2.05, 4.69) is 47.1 Å². The third-order valence-electron chi connectivity index (χ3n) is 3.50. The molecule has 1 unspecified atom stereocenters. The van der Waals surface area contributed by atoms with Crippen LogP contribution in [0.5, 0.6) is 0 Å². The topological polar surface area (TPSA) is 41.1 Å². The molecule has 1 aliphatic rings. The molecule has 98 valence electrons. The molecule has 1 atom stereocenters. The molecule has 0 aliphatic carbocycles. The van der Waals surface area contributed by atoms with Gasteiger partial charge in [0.25, 0.3) is 0 Å². The van der Waals surface area contributed by atoms with Crippen molar-refractivity contribution in [1.82, 2.24) is 5.32 Å². The number of nitrogens with one attached hydrogen (secondary N) is 2. The van der Waals surface area contributed by atoms with E-state index in [4.69, 9.17) is 0 Å². The molecule has 0 radical (unpaired) electrons. The van der Waals surface area contributed by atoms with E-state index in [9.17, 15) is 4.79 Å². The van der Waals surface area contributed by atoms with E-state index in [1.807, 2.05) is 24.3 Å². The third-order valence-corrected chi connectivity index (χ3v) is 4.22. The molecule has 1 amide bonds. The van der Waals surface area contributed by atoms with Gasteiger partial charge in [-0.25, -0.2) is 0 Å². The zero-order valence-corrected chi connectivity index (χ0v) is 13.0. The summed E-state index contributed by atoms with van der Waals surface area (Å²) in [6.07, 6.45) is 2.23. The normalized spacial score (nSPS) is 22.5. The van der Waals surface area contributed by atoms with Gasteiger partial charge in [0.2, 0.25) is 5.91 Å². The Morgan fingerprint density at radius 1 is 1.39 bits per heavy atom. The largest absolute Gasteiger partial charge is 0.325 e. The van der Waals surface area contributed by atoms with Crippen molar-refractivity contribution in [1.29, 1.82) is 0 Å². The number of hydrogen-bond donors (Lipinski definition) is 2. The molecule has 3 nitrogen and oxygen atoms in total. The molecular weight excluding hydrogens is 339 g/mol. The van der Waals surface area contributed by atoms with Crippen LogP contribution in [0.3, 0.4) is 0 Å². The maximum atomic E-state index is 12.3. The molecule has 2 rings (SSSR count).